The molecule has 0 spiro atoms. The third-order valence-electron chi connectivity index (χ3n) is 10.2. The summed E-state index contributed by atoms with van der Waals surface area (Å²) >= 11 is 3.07. The number of rotatable bonds is 39. The van der Waals surface area contributed by atoms with E-state index in [1.165, 1.54) is 190 Å². The quantitative estimate of drug-likeness (QED) is 0.0508. The van der Waals surface area contributed by atoms with Crippen LogP contribution >= 0.6 is 23.5 Å². The number of hydrogen-bond donors (Lipinski definition) is 2. The molecule has 51 heavy (non-hydrogen) atoms. The Kier molecular flexibility index (Phi) is 34.6. The lowest BCUT2D eigenvalue weighted by molar-refractivity contribution is 0.184. The zero-order valence-electron chi connectivity index (χ0n) is 34.2. The van der Waals surface area contributed by atoms with Crippen LogP contribution in [0.3, 0.4) is 0 Å². The highest BCUT2D eigenvalue weighted by molar-refractivity contribution is 7.99. The molecule has 1 aromatic rings. The Hall–Kier alpha value is -0.570. The van der Waals surface area contributed by atoms with Gasteiger partial charge in [-0.1, -0.05) is 217 Å². The molecule has 0 amide bonds. The minimum absolute atomic E-state index is 0.343. The van der Waals surface area contributed by atoms with Crippen molar-refractivity contribution in [1.29, 1.82) is 0 Å². The van der Waals surface area contributed by atoms with Crippen molar-refractivity contribution in [3.63, 3.8) is 0 Å². The Morgan fingerprint density at radius 2 is 0.686 bits per heavy atom. The first-order valence-electron chi connectivity index (χ1n) is 22.2. The van der Waals surface area contributed by atoms with Crippen LogP contribution in [0.1, 0.15) is 220 Å². The summed E-state index contributed by atoms with van der Waals surface area (Å²) in [7, 11) is 0. The van der Waals surface area contributed by atoms with Crippen LogP contribution in [0.25, 0.3) is 0 Å². The summed E-state index contributed by atoms with van der Waals surface area (Å²) in [6.07, 6.45) is 38.8. The smallest absolute Gasteiger partial charge is 0.230 e. The van der Waals surface area contributed by atoms with Crippen molar-refractivity contribution in [1.82, 2.24) is 15.0 Å². The highest BCUT2D eigenvalue weighted by atomic mass is 32.2. The Morgan fingerprint density at radius 1 is 0.412 bits per heavy atom. The minimum atomic E-state index is -0.343. The molecule has 0 fully saturated rings. The van der Waals surface area contributed by atoms with Crippen LogP contribution in [0, 0.1) is 0 Å². The second-order valence-electron chi connectivity index (χ2n) is 15.1. The molecule has 0 saturated heterocycles. The van der Waals surface area contributed by atoms with Gasteiger partial charge >= 0.3 is 0 Å². The number of hydrogen-bond acceptors (Lipinski definition) is 8. The molecule has 0 radical (unpaired) electrons. The third kappa shape index (κ3) is 29.5. The molecule has 1 heterocycles. The van der Waals surface area contributed by atoms with Gasteiger partial charge in [-0.25, -0.2) is 0 Å². The van der Waals surface area contributed by atoms with E-state index in [1.54, 1.807) is 0 Å². The van der Waals surface area contributed by atoms with Crippen molar-refractivity contribution in [2.24, 2.45) is 0 Å². The summed E-state index contributed by atoms with van der Waals surface area (Å²) in [5, 5.41) is 22.8. The number of anilines is 1. The lowest BCUT2D eigenvalue weighted by Crippen LogP contribution is -2.25. The third-order valence-corrected chi connectivity index (χ3v) is 12.2. The fourth-order valence-corrected chi connectivity index (χ4v) is 8.43. The molecule has 8 heteroatoms. The van der Waals surface area contributed by atoms with E-state index in [1.807, 2.05) is 0 Å². The summed E-state index contributed by atoms with van der Waals surface area (Å²) in [4.78, 5) is 16.4. The van der Waals surface area contributed by atoms with Crippen LogP contribution in [0.2, 0.25) is 0 Å². The van der Waals surface area contributed by atoms with Crippen molar-refractivity contribution in [2.75, 3.05) is 29.5 Å². The van der Waals surface area contributed by atoms with Crippen molar-refractivity contribution in [3.8, 4) is 0 Å². The summed E-state index contributed by atoms with van der Waals surface area (Å²) < 4.78 is 0. The fourth-order valence-electron chi connectivity index (χ4n) is 6.76. The van der Waals surface area contributed by atoms with Gasteiger partial charge in [0.1, 0.15) is 0 Å². The fraction of sp³-hybridized carbons (Fsp3) is 0.930. The van der Waals surface area contributed by atoms with Crippen molar-refractivity contribution in [2.45, 2.75) is 243 Å². The minimum Gasteiger partial charge on any atom is -0.392 e. The van der Waals surface area contributed by atoms with Gasteiger partial charge in [0.25, 0.3) is 0 Å². The van der Waals surface area contributed by atoms with E-state index in [-0.39, 0.29) is 12.2 Å². The molecule has 6 nitrogen and oxygen atoms in total. The molecule has 2 atom stereocenters. The van der Waals surface area contributed by atoms with Crippen LogP contribution in [0.4, 0.5) is 5.95 Å². The van der Waals surface area contributed by atoms with E-state index < -0.39 is 0 Å². The molecule has 2 N–H and O–H groups in total. The lowest BCUT2D eigenvalue weighted by Gasteiger charge is -2.19. The Morgan fingerprint density at radius 3 is 0.961 bits per heavy atom. The maximum Gasteiger partial charge on any atom is 0.230 e. The molecule has 0 aliphatic rings. The Balaban J connectivity index is 2.23. The highest BCUT2D eigenvalue weighted by Gasteiger charge is 2.15. The van der Waals surface area contributed by atoms with Gasteiger partial charge in [-0.2, -0.15) is 15.0 Å². The SMILES string of the molecule is CCCCCCCCCCCCCCCCC(O)CSc1nc(SCC(O)CCCCCCCCCCCCCCCC)nc(N(CC)CC)n1. The predicted molar refractivity (Wildman–Crippen MR) is 227 cm³/mol. The van der Waals surface area contributed by atoms with Crippen LogP contribution in [-0.4, -0.2) is 62.0 Å². The van der Waals surface area contributed by atoms with E-state index in [0.717, 1.165) is 38.8 Å². The van der Waals surface area contributed by atoms with Crippen molar-refractivity contribution >= 4 is 29.5 Å². The predicted octanol–water partition coefficient (Wildman–Crippen LogP) is 13.4. The number of aliphatic hydroxyl groups is 2. The average molecular weight is 753 g/mol. The van der Waals surface area contributed by atoms with Gasteiger partial charge in [0.2, 0.25) is 5.95 Å². The second kappa shape index (κ2) is 36.4. The first-order chi connectivity index (χ1) is 25.0. The van der Waals surface area contributed by atoms with Crippen LogP contribution in [-0.2, 0) is 0 Å². The molecule has 0 saturated carbocycles. The van der Waals surface area contributed by atoms with E-state index in [4.69, 9.17) is 15.0 Å². The maximum atomic E-state index is 10.7. The van der Waals surface area contributed by atoms with Gasteiger partial charge in [-0.3, -0.25) is 0 Å². The number of nitrogens with zero attached hydrogens (tertiary/aromatic N) is 4. The van der Waals surface area contributed by atoms with Crippen LogP contribution in [0.5, 0.6) is 0 Å². The van der Waals surface area contributed by atoms with Gasteiger partial charge in [-0.05, 0) is 26.7 Å². The first-order valence-corrected chi connectivity index (χ1v) is 24.1. The molecule has 2 unspecified atom stereocenters. The first kappa shape index (κ1) is 48.4. The number of thioether (sulfide) groups is 2. The van der Waals surface area contributed by atoms with E-state index >= 15 is 0 Å². The molecule has 0 aromatic carbocycles. The number of aromatic nitrogens is 3. The van der Waals surface area contributed by atoms with Gasteiger partial charge in [0.15, 0.2) is 10.3 Å². The topological polar surface area (TPSA) is 82.4 Å². The Labute approximate surface area is 325 Å². The van der Waals surface area contributed by atoms with Gasteiger partial charge in [0, 0.05) is 24.6 Å². The lowest BCUT2D eigenvalue weighted by atomic mass is 10.0. The second-order valence-corrected chi connectivity index (χ2v) is 17.0. The highest BCUT2D eigenvalue weighted by Crippen LogP contribution is 2.25. The molecular weight excluding hydrogens is 669 g/mol. The van der Waals surface area contributed by atoms with Crippen molar-refractivity contribution < 1.29 is 10.2 Å². The zero-order chi connectivity index (χ0) is 37.0. The van der Waals surface area contributed by atoms with Gasteiger partial charge < -0.3 is 15.1 Å². The molecule has 1 rings (SSSR count). The van der Waals surface area contributed by atoms with E-state index in [2.05, 4.69) is 32.6 Å². The average Bonchev–Trinajstić information content (AvgIpc) is 3.14. The van der Waals surface area contributed by atoms with Gasteiger partial charge in [0.05, 0.1) is 12.2 Å². The zero-order valence-corrected chi connectivity index (χ0v) is 35.8. The number of aliphatic hydroxyl groups excluding tert-OH is 2. The van der Waals surface area contributed by atoms with Crippen LogP contribution < -0.4 is 4.90 Å². The standard InChI is InChI=1S/C43H84N4O2S2/c1-5-9-11-13-15-17-19-21-23-25-27-29-31-33-35-39(48)37-50-42-44-41(47(7-3)8-4)45-43(46-42)51-38-40(49)36-34-32-30-28-26-24-22-20-18-16-14-12-10-6-2/h39-40,48-49H,5-38H2,1-4H3. The maximum absolute atomic E-state index is 10.7. The van der Waals surface area contributed by atoms with Gasteiger partial charge in [-0.15, -0.1) is 0 Å². The summed E-state index contributed by atoms with van der Waals surface area (Å²) in [5.41, 5.74) is 0. The number of unbranched alkanes of at least 4 members (excludes halogenated alkanes) is 26. The Bertz CT molecular complexity index is 816. The van der Waals surface area contributed by atoms with E-state index in [9.17, 15) is 10.2 Å². The summed E-state index contributed by atoms with van der Waals surface area (Å²) in [6.45, 7) is 10.5. The summed E-state index contributed by atoms with van der Waals surface area (Å²) in [5.74, 6) is 1.90. The molecule has 0 aliphatic heterocycles. The molecular formula is C43H84N4O2S2. The summed E-state index contributed by atoms with van der Waals surface area (Å²) in [6, 6.07) is 0. The molecule has 1 aromatic heterocycles. The van der Waals surface area contributed by atoms with Crippen molar-refractivity contribution in [3.05, 3.63) is 0 Å². The molecule has 0 bridgehead atoms. The monoisotopic (exact) mass is 753 g/mol. The normalized spacial score (nSPS) is 12.8. The van der Waals surface area contributed by atoms with E-state index in [0.29, 0.717) is 27.8 Å². The van der Waals surface area contributed by atoms with Crippen LogP contribution in [0.15, 0.2) is 10.3 Å². The molecule has 300 valence electrons. The molecule has 0 aliphatic carbocycles. The largest absolute Gasteiger partial charge is 0.392 e.